The second kappa shape index (κ2) is 6.74. The molecule has 5 heteroatoms. The highest BCUT2D eigenvalue weighted by Crippen LogP contribution is 2.70. The minimum atomic E-state index is -1.10. The van der Waals surface area contributed by atoms with E-state index >= 15 is 0 Å². The maximum Gasteiger partial charge on any atom is 0.316 e. The third-order valence-corrected chi connectivity index (χ3v) is 9.13. The number of rotatable bonds is 3. The molecule has 0 aliphatic heterocycles. The Morgan fingerprint density at radius 2 is 1.94 bits per heavy atom. The molecule has 1 unspecified atom stereocenters. The fourth-order valence-electron chi connectivity index (χ4n) is 7.40. The van der Waals surface area contributed by atoms with Gasteiger partial charge in [0, 0.05) is 18.3 Å². The Kier molecular flexibility index (Phi) is 4.54. The Labute approximate surface area is 183 Å². The molecular weight excluding hydrogens is 392 g/mol. The predicted octanol–water partition coefficient (Wildman–Crippen LogP) is 4.00. The van der Waals surface area contributed by atoms with Crippen LogP contribution in [-0.2, 0) is 19.1 Å². The van der Waals surface area contributed by atoms with E-state index in [2.05, 4.69) is 19.9 Å². The van der Waals surface area contributed by atoms with Crippen LogP contribution in [0.15, 0.2) is 34.4 Å². The third-order valence-electron chi connectivity index (χ3n) is 9.13. The van der Waals surface area contributed by atoms with E-state index in [0.29, 0.717) is 37.9 Å². The van der Waals surface area contributed by atoms with Crippen molar-refractivity contribution in [3.8, 4) is 0 Å². The van der Waals surface area contributed by atoms with Gasteiger partial charge in [-0.15, -0.1) is 0 Å². The van der Waals surface area contributed by atoms with Crippen LogP contribution in [0.4, 0.5) is 0 Å². The quantitative estimate of drug-likeness (QED) is 0.693. The van der Waals surface area contributed by atoms with Gasteiger partial charge in [0.1, 0.15) is 11.7 Å². The minimum Gasteiger partial charge on any atom is -0.465 e. The number of carbonyl (C=O) groups excluding carboxylic acids is 3. The molecule has 1 N–H and O–H groups in total. The molecule has 1 spiro atoms. The third kappa shape index (κ3) is 2.50. The summed E-state index contributed by atoms with van der Waals surface area (Å²) in [6, 6.07) is 0. The zero-order chi connectivity index (χ0) is 22.2. The standard InChI is InChI=1S/C26H32O5/c1-4-13-31-23(30)21-20-16(25(3)11-5-15(27)14-18(25)22(21)29)7-12-26-17(20)6-9-24(26,2)10-8-19(26)28/h6,14,21-22,29H,4-5,7-13H2,1-3H3/t21-,22+,24-,25?,26+/m0/s1. The molecule has 1 saturated carbocycles. The summed E-state index contributed by atoms with van der Waals surface area (Å²) in [5.41, 5.74) is 2.51. The van der Waals surface area contributed by atoms with Crippen LogP contribution in [0, 0.1) is 22.2 Å². The maximum absolute atomic E-state index is 13.3. The highest BCUT2D eigenvalue weighted by molar-refractivity contribution is 5.96. The molecule has 0 aromatic heterocycles. The molecule has 166 valence electrons. The number of Topliss-reactive ketones (excluding diaryl/α,β-unsaturated/α-hetero) is 1. The summed E-state index contributed by atoms with van der Waals surface area (Å²) in [7, 11) is 0. The van der Waals surface area contributed by atoms with Crippen LogP contribution in [0.3, 0.4) is 0 Å². The second-order valence-electron chi connectivity index (χ2n) is 10.6. The van der Waals surface area contributed by atoms with E-state index in [4.69, 9.17) is 4.74 Å². The highest BCUT2D eigenvalue weighted by atomic mass is 16.5. The first-order valence-corrected chi connectivity index (χ1v) is 11.8. The number of ether oxygens (including phenoxy) is 1. The van der Waals surface area contributed by atoms with Crippen LogP contribution in [-0.4, -0.2) is 35.4 Å². The van der Waals surface area contributed by atoms with Gasteiger partial charge in [-0.3, -0.25) is 14.4 Å². The van der Waals surface area contributed by atoms with Crippen molar-refractivity contribution in [2.24, 2.45) is 22.2 Å². The van der Waals surface area contributed by atoms with Crippen molar-refractivity contribution in [3.63, 3.8) is 0 Å². The molecule has 0 aromatic carbocycles. The molecule has 5 aliphatic carbocycles. The van der Waals surface area contributed by atoms with E-state index < -0.39 is 28.8 Å². The van der Waals surface area contributed by atoms with Crippen LogP contribution in [0.2, 0.25) is 0 Å². The predicted molar refractivity (Wildman–Crippen MR) is 115 cm³/mol. The molecule has 0 aromatic rings. The van der Waals surface area contributed by atoms with Crippen LogP contribution in [0.25, 0.3) is 0 Å². The number of esters is 1. The van der Waals surface area contributed by atoms with Gasteiger partial charge in [-0.25, -0.2) is 0 Å². The van der Waals surface area contributed by atoms with Gasteiger partial charge in [0.05, 0.1) is 18.1 Å². The van der Waals surface area contributed by atoms with Crippen LogP contribution in [0.1, 0.15) is 72.1 Å². The fourth-order valence-corrected chi connectivity index (χ4v) is 7.40. The number of ketones is 2. The lowest BCUT2D eigenvalue weighted by Crippen LogP contribution is -2.51. The zero-order valence-electron chi connectivity index (χ0n) is 18.8. The molecule has 5 aliphatic rings. The Hall–Kier alpha value is -2.01. The Morgan fingerprint density at radius 3 is 2.68 bits per heavy atom. The van der Waals surface area contributed by atoms with Crippen molar-refractivity contribution in [2.75, 3.05) is 6.61 Å². The SMILES string of the molecule is CCCOC(=O)[C@H]1C2=C(CC[C@@]34C(=O)CC[C@]3(C)CC=C24)C2(C)CCC(=O)C=C2[C@H]1O. The van der Waals surface area contributed by atoms with E-state index in [1.807, 2.05) is 6.92 Å². The van der Waals surface area contributed by atoms with Gasteiger partial charge in [-0.05, 0) is 66.7 Å². The minimum absolute atomic E-state index is 0.00200. The normalized spacial score (nSPS) is 41.2. The first-order valence-electron chi connectivity index (χ1n) is 11.8. The van der Waals surface area contributed by atoms with Crippen molar-refractivity contribution in [1.82, 2.24) is 0 Å². The lowest BCUT2D eigenvalue weighted by atomic mass is 9.50. The van der Waals surface area contributed by atoms with E-state index in [1.165, 1.54) is 0 Å². The van der Waals surface area contributed by atoms with Gasteiger partial charge in [-0.2, -0.15) is 0 Å². The molecule has 0 heterocycles. The van der Waals surface area contributed by atoms with Gasteiger partial charge in [0.25, 0.3) is 0 Å². The van der Waals surface area contributed by atoms with Crippen molar-refractivity contribution >= 4 is 17.5 Å². The number of hydrogen-bond acceptors (Lipinski definition) is 5. The van der Waals surface area contributed by atoms with Crippen molar-refractivity contribution in [1.29, 1.82) is 0 Å². The largest absolute Gasteiger partial charge is 0.465 e. The summed E-state index contributed by atoms with van der Waals surface area (Å²) < 4.78 is 5.54. The second-order valence-corrected chi connectivity index (χ2v) is 10.6. The van der Waals surface area contributed by atoms with Gasteiger partial charge < -0.3 is 9.84 Å². The number of aliphatic hydroxyl groups is 1. The first kappa shape index (κ1) is 20.9. The van der Waals surface area contributed by atoms with Crippen molar-refractivity contribution < 1.29 is 24.2 Å². The van der Waals surface area contributed by atoms with Gasteiger partial charge in [0.2, 0.25) is 0 Å². The average Bonchev–Trinajstić information content (AvgIpc) is 3.18. The van der Waals surface area contributed by atoms with E-state index in [0.717, 1.165) is 42.4 Å². The number of fused-ring (bicyclic) bond motifs is 3. The van der Waals surface area contributed by atoms with Gasteiger partial charge in [-0.1, -0.05) is 32.4 Å². The van der Waals surface area contributed by atoms with Gasteiger partial charge >= 0.3 is 5.97 Å². The lowest BCUT2D eigenvalue weighted by Gasteiger charge is -2.53. The fraction of sp³-hybridized carbons (Fsp3) is 0.654. The van der Waals surface area contributed by atoms with Crippen LogP contribution in [0.5, 0.6) is 0 Å². The van der Waals surface area contributed by atoms with Gasteiger partial charge in [0.15, 0.2) is 5.78 Å². The first-order chi connectivity index (χ1) is 14.7. The zero-order valence-corrected chi connectivity index (χ0v) is 18.8. The maximum atomic E-state index is 13.3. The average molecular weight is 425 g/mol. The lowest BCUT2D eigenvalue weighted by molar-refractivity contribution is -0.151. The molecule has 5 atom stereocenters. The molecule has 0 amide bonds. The monoisotopic (exact) mass is 424 g/mol. The smallest absolute Gasteiger partial charge is 0.316 e. The topological polar surface area (TPSA) is 80.7 Å². The highest BCUT2D eigenvalue weighted by Gasteiger charge is 2.66. The molecular formula is C26H32O5. The molecule has 5 nitrogen and oxygen atoms in total. The van der Waals surface area contributed by atoms with Crippen molar-refractivity contribution in [3.05, 3.63) is 34.4 Å². The van der Waals surface area contributed by atoms with Crippen LogP contribution < -0.4 is 0 Å². The number of allylic oxidation sites excluding steroid dienone is 4. The Balaban J connectivity index is 1.73. The molecule has 1 fully saturated rings. The number of aliphatic hydroxyl groups excluding tert-OH is 1. The van der Waals surface area contributed by atoms with Crippen LogP contribution >= 0.6 is 0 Å². The van der Waals surface area contributed by atoms with E-state index in [-0.39, 0.29) is 17.0 Å². The number of carbonyl (C=O) groups is 3. The summed E-state index contributed by atoms with van der Waals surface area (Å²) in [5.74, 6) is -1.03. The number of hydrogen-bond donors (Lipinski definition) is 1. The molecule has 0 bridgehead atoms. The summed E-state index contributed by atoms with van der Waals surface area (Å²) >= 11 is 0. The molecule has 0 radical (unpaired) electrons. The molecule has 5 rings (SSSR count). The van der Waals surface area contributed by atoms with Crippen molar-refractivity contribution in [2.45, 2.75) is 78.2 Å². The van der Waals surface area contributed by atoms with E-state index in [1.54, 1.807) is 6.08 Å². The Bertz CT molecular complexity index is 984. The summed E-state index contributed by atoms with van der Waals surface area (Å²) in [6.45, 7) is 6.54. The summed E-state index contributed by atoms with van der Waals surface area (Å²) in [6.07, 6.45) is 8.18. The molecule has 31 heavy (non-hydrogen) atoms. The molecule has 0 saturated heterocycles. The van der Waals surface area contributed by atoms with E-state index in [9.17, 15) is 19.5 Å². The summed E-state index contributed by atoms with van der Waals surface area (Å²) in [4.78, 5) is 38.9. The summed E-state index contributed by atoms with van der Waals surface area (Å²) in [5, 5.41) is 11.5. The Morgan fingerprint density at radius 1 is 1.16 bits per heavy atom.